The zero-order chi connectivity index (χ0) is 9.68. The van der Waals surface area contributed by atoms with Crippen LogP contribution in [0.2, 0.25) is 0 Å². The summed E-state index contributed by atoms with van der Waals surface area (Å²) in [6.07, 6.45) is 1.81. The highest BCUT2D eigenvalue weighted by Crippen LogP contribution is 2.07. The lowest BCUT2D eigenvalue weighted by Gasteiger charge is -2.17. The Morgan fingerprint density at radius 2 is 2.54 bits per heavy atom. The molecule has 0 spiro atoms. The number of rotatable bonds is 5. The van der Waals surface area contributed by atoms with E-state index in [2.05, 4.69) is 16.8 Å². The molecule has 1 rings (SSSR count). The molecule has 0 atom stereocenters. The first-order chi connectivity index (χ1) is 6.22. The molecule has 1 aromatic heterocycles. The molecular weight excluding hydrogens is 202 g/mol. The Balaban J connectivity index is 2.45. The molecule has 0 amide bonds. The second-order valence-electron chi connectivity index (χ2n) is 2.70. The minimum Gasteiger partial charge on any atom is -0.392 e. The molecule has 3 nitrogen and oxygen atoms in total. The first kappa shape index (κ1) is 10.6. The standard InChI is InChI=1S/C8H13N3S2/c1-2-11(5-7(9)12)6-8-10-3-4-13-8/h3-4H,2,5-6H2,1H3,(H2,9,12). The van der Waals surface area contributed by atoms with Crippen molar-refractivity contribution in [1.82, 2.24) is 9.88 Å². The second-order valence-corrected chi connectivity index (χ2v) is 4.20. The zero-order valence-electron chi connectivity index (χ0n) is 7.56. The molecule has 0 aliphatic heterocycles. The molecule has 0 aromatic carbocycles. The Bertz CT molecular complexity index is 258. The van der Waals surface area contributed by atoms with Crippen molar-refractivity contribution in [3.05, 3.63) is 16.6 Å². The van der Waals surface area contributed by atoms with Gasteiger partial charge in [0.05, 0.1) is 11.5 Å². The summed E-state index contributed by atoms with van der Waals surface area (Å²) in [7, 11) is 0. The number of likely N-dealkylation sites (N-methyl/N-ethyl adjacent to an activating group) is 1. The van der Waals surface area contributed by atoms with E-state index in [9.17, 15) is 0 Å². The van der Waals surface area contributed by atoms with Gasteiger partial charge in [-0.25, -0.2) is 4.98 Å². The lowest BCUT2D eigenvalue weighted by molar-refractivity contribution is 0.320. The van der Waals surface area contributed by atoms with Crippen molar-refractivity contribution in [2.45, 2.75) is 13.5 Å². The van der Waals surface area contributed by atoms with Crippen molar-refractivity contribution in [2.24, 2.45) is 5.73 Å². The molecule has 0 aliphatic rings. The van der Waals surface area contributed by atoms with Crippen molar-refractivity contribution in [3.8, 4) is 0 Å². The molecule has 0 aliphatic carbocycles. The minimum atomic E-state index is 0.540. The maximum Gasteiger partial charge on any atom is 0.107 e. The van der Waals surface area contributed by atoms with Crippen molar-refractivity contribution in [3.63, 3.8) is 0 Å². The third-order valence-corrected chi connectivity index (χ3v) is 2.56. The predicted octanol–water partition coefficient (Wildman–Crippen LogP) is 1.25. The van der Waals surface area contributed by atoms with Gasteiger partial charge in [-0.05, 0) is 6.54 Å². The van der Waals surface area contributed by atoms with E-state index in [-0.39, 0.29) is 0 Å². The van der Waals surface area contributed by atoms with Crippen LogP contribution in [0.4, 0.5) is 0 Å². The summed E-state index contributed by atoms with van der Waals surface area (Å²) in [5, 5.41) is 3.09. The number of aromatic nitrogens is 1. The third kappa shape index (κ3) is 3.80. The van der Waals surface area contributed by atoms with Crippen molar-refractivity contribution >= 4 is 28.5 Å². The second kappa shape index (κ2) is 5.26. The largest absolute Gasteiger partial charge is 0.392 e. The highest BCUT2D eigenvalue weighted by molar-refractivity contribution is 7.80. The fraction of sp³-hybridized carbons (Fsp3) is 0.500. The van der Waals surface area contributed by atoms with Gasteiger partial charge in [0, 0.05) is 18.1 Å². The van der Waals surface area contributed by atoms with E-state index in [0.29, 0.717) is 11.5 Å². The van der Waals surface area contributed by atoms with Crippen LogP contribution in [0.1, 0.15) is 11.9 Å². The fourth-order valence-corrected chi connectivity index (χ4v) is 1.86. The van der Waals surface area contributed by atoms with E-state index in [1.165, 1.54) is 0 Å². The molecule has 5 heteroatoms. The predicted molar refractivity (Wildman–Crippen MR) is 59.9 cm³/mol. The van der Waals surface area contributed by atoms with Gasteiger partial charge in [-0.1, -0.05) is 19.1 Å². The first-order valence-electron chi connectivity index (χ1n) is 4.11. The highest BCUT2D eigenvalue weighted by Gasteiger charge is 2.05. The maximum absolute atomic E-state index is 5.47. The van der Waals surface area contributed by atoms with Crippen LogP contribution in [0.3, 0.4) is 0 Å². The molecule has 72 valence electrons. The van der Waals surface area contributed by atoms with Gasteiger partial charge >= 0.3 is 0 Å². The quantitative estimate of drug-likeness (QED) is 0.751. The molecule has 1 aromatic rings. The van der Waals surface area contributed by atoms with Gasteiger partial charge in [-0.2, -0.15) is 0 Å². The van der Waals surface area contributed by atoms with E-state index < -0.39 is 0 Å². The van der Waals surface area contributed by atoms with Gasteiger partial charge in [-0.3, -0.25) is 4.90 Å². The summed E-state index contributed by atoms with van der Waals surface area (Å²) in [6, 6.07) is 0. The number of nitrogens with two attached hydrogens (primary N) is 1. The van der Waals surface area contributed by atoms with Crippen LogP contribution < -0.4 is 5.73 Å². The lowest BCUT2D eigenvalue weighted by Crippen LogP contribution is -2.32. The summed E-state index contributed by atoms with van der Waals surface area (Å²) in [5.41, 5.74) is 5.47. The van der Waals surface area contributed by atoms with Gasteiger partial charge in [0.2, 0.25) is 0 Å². The molecule has 0 bridgehead atoms. The fourth-order valence-electron chi connectivity index (χ4n) is 1.02. The summed E-state index contributed by atoms with van der Waals surface area (Å²) < 4.78 is 0. The van der Waals surface area contributed by atoms with Gasteiger partial charge in [0.1, 0.15) is 5.01 Å². The van der Waals surface area contributed by atoms with Crippen LogP contribution in [0.25, 0.3) is 0 Å². The SMILES string of the molecule is CCN(CC(N)=S)Cc1nccs1. The van der Waals surface area contributed by atoms with E-state index in [1.54, 1.807) is 11.3 Å². The maximum atomic E-state index is 5.47. The van der Waals surface area contributed by atoms with Crippen LogP contribution in [0, 0.1) is 0 Å². The number of thiazole rings is 1. The minimum absolute atomic E-state index is 0.540. The lowest BCUT2D eigenvalue weighted by atomic mass is 10.4. The molecule has 13 heavy (non-hydrogen) atoms. The van der Waals surface area contributed by atoms with Crippen LogP contribution in [0.5, 0.6) is 0 Å². The summed E-state index contributed by atoms with van der Waals surface area (Å²) in [6.45, 7) is 4.54. The molecule has 0 saturated carbocycles. The van der Waals surface area contributed by atoms with Gasteiger partial charge in [-0.15, -0.1) is 11.3 Å². The Labute approximate surface area is 87.6 Å². The number of nitrogens with zero attached hydrogens (tertiary/aromatic N) is 2. The van der Waals surface area contributed by atoms with Crippen molar-refractivity contribution < 1.29 is 0 Å². The molecule has 0 unspecified atom stereocenters. The monoisotopic (exact) mass is 215 g/mol. The van der Waals surface area contributed by atoms with E-state index in [4.69, 9.17) is 18.0 Å². The third-order valence-electron chi connectivity index (χ3n) is 1.67. The van der Waals surface area contributed by atoms with E-state index >= 15 is 0 Å². The average molecular weight is 215 g/mol. The summed E-state index contributed by atoms with van der Waals surface area (Å²) >= 11 is 6.51. The number of hydrogen-bond acceptors (Lipinski definition) is 4. The van der Waals surface area contributed by atoms with Crippen LogP contribution in [-0.4, -0.2) is 28.0 Å². The summed E-state index contributed by atoms with van der Waals surface area (Å²) in [4.78, 5) is 6.91. The summed E-state index contributed by atoms with van der Waals surface area (Å²) in [5.74, 6) is 0. The Hall–Kier alpha value is -0.520. The number of thiocarbonyl (C=S) groups is 1. The normalized spacial score (nSPS) is 10.6. The molecule has 0 saturated heterocycles. The Kier molecular flexibility index (Phi) is 4.27. The average Bonchev–Trinajstić information content (AvgIpc) is 2.55. The van der Waals surface area contributed by atoms with Crippen molar-refractivity contribution in [2.75, 3.05) is 13.1 Å². The molecule has 2 N–H and O–H groups in total. The number of hydrogen-bond donors (Lipinski definition) is 1. The van der Waals surface area contributed by atoms with Crippen molar-refractivity contribution in [1.29, 1.82) is 0 Å². The molecule has 0 radical (unpaired) electrons. The van der Waals surface area contributed by atoms with Crippen LogP contribution >= 0.6 is 23.6 Å². The Morgan fingerprint density at radius 1 is 1.77 bits per heavy atom. The van der Waals surface area contributed by atoms with Gasteiger partial charge < -0.3 is 5.73 Å². The highest BCUT2D eigenvalue weighted by atomic mass is 32.1. The van der Waals surface area contributed by atoms with Gasteiger partial charge in [0.25, 0.3) is 0 Å². The Morgan fingerprint density at radius 3 is 3.00 bits per heavy atom. The smallest absolute Gasteiger partial charge is 0.107 e. The van der Waals surface area contributed by atoms with Crippen LogP contribution in [-0.2, 0) is 6.54 Å². The van der Waals surface area contributed by atoms with Gasteiger partial charge in [0.15, 0.2) is 0 Å². The zero-order valence-corrected chi connectivity index (χ0v) is 9.20. The first-order valence-corrected chi connectivity index (χ1v) is 5.40. The molecule has 1 heterocycles. The topological polar surface area (TPSA) is 42.1 Å². The van der Waals surface area contributed by atoms with E-state index in [1.807, 2.05) is 11.6 Å². The molecule has 0 fully saturated rings. The molecular formula is C8H13N3S2. The van der Waals surface area contributed by atoms with Crippen LogP contribution in [0.15, 0.2) is 11.6 Å². The van der Waals surface area contributed by atoms with E-state index in [0.717, 1.165) is 18.1 Å².